The van der Waals surface area contributed by atoms with Gasteiger partial charge in [-0.2, -0.15) is 9.78 Å². The van der Waals surface area contributed by atoms with Crippen molar-refractivity contribution >= 4 is 40.8 Å². The summed E-state index contributed by atoms with van der Waals surface area (Å²) in [4.78, 5) is 11.3. The minimum atomic E-state index is -0.429. The molecule has 0 fully saturated rings. The fraction of sp³-hybridized carbons (Fsp3) is 0. The second-order valence-electron chi connectivity index (χ2n) is 8.06. The number of allylic oxidation sites excluding steroid dienone is 1. The quantitative estimate of drug-likeness (QED) is 0.178. The lowest BCUT2D eigenvalue weighted by atomic mass is 10.1. The Morgan fingerprint density at radius 1 is 0.865 bits per heavy atom. The third-order valence-corrected chi connectivity index (χ3v) is 6.88. The van der Waals surface area contributed by atoms with Crippen molar-refractivity contribution in [3.8, 4) is 22.7 Å². The molecule has 0 unspecified atom stereocenters. The molecule has 10 heteroatoms. The number of benzene rings is 3. The topological polar surface area (TPSA) is 99.3 Å². The number of furan rings is 1. The van der Waals surface area contributed by atoms with Gasteiger partial charge in [-0.15, -0.1) is 10.2 Å². The Morgan fingerprint density at radius 3 is 2.32 bits per heavy atom. The minimum absolute atomic E-state index is 0.0269. The highest BCUT2D eigenvalue weighted by atomic mass is 35.5. The Bertz CT molecular complexity index is 1670. The minimum Gasteiger partial charge on any atom is -0.457 e. The van der Waals surface area contributed by atoms with E-state index >= 15 is 0 Å². The Morgan fingerprint density at radius 2 is 1.59 bits per heavy atom. The Balaban J connectivity index is 1.40. The summed E-state index contributed by atoms with van der Waals surface area (Å²) in [6, 6.07) is 27.2. The summed E-state index contributed by atoms with van der Waals surface area (Å²) < 4.78 is 7.80. The lowest BCUT2D eigenvalue weighted by molar-refractivity contribution is -0.384. The smallest absolute Gasteiger partial charge is 0.269 e. The van der Waals surface area contributed by atoms with Crippen LogP contribution in [0.4, 0.5) is 5.69 Å². The van der Waals surface area contributed by atoms with Crippen LogP contribution in [0.5, 0.6) is 0 Å². The van der Waals surface area contributed by atoms with Crippen LogP contribution >= 0.6 is 23.4 Å². The molecule has 37 heavy (non-hydrogen) atoms. The molecule has 0 saturated heterocycles. The van der Waals surface area contributed by atoms with Crippen molar-refractivity contribution in [3.05, 3.63) is 122 Å². The number of nitrogens with zero attached hydrogens (tertiary/aromatic N) is 5. The zero-order valence-electron chi connectivity index (χ0n) is 19.0. The summed E-state index contributed by atoms with van der Waals surface area (Å²) in [5.74, 6) is 1.85. The Kier molecular flexibility index (Phi) is 5.91. The summed E-state index contributed by atoms with van der Waals surface area (Å²) in [6.45, 7) is 0. The number of fused-ring (bicyclic) bond motifs is 1. The summed E-state index contributed by atoms with van der Waals surface area (Å²) in [7, 11) is 0. The van der Waals surface area contributed by atoms with E-state index in [0.717, 1.165) is 27.3 Å². The molecule has 0 saturated carbocycles. The van der Waals surface area contributed by atoms with Crippen LogP contribution in [0.2, 0.25) is 5.02 Å². The first-order valence-corrected chi connectivity index (χ1v) is 12.3. The fourth-order valence-electron chi connectivity index (χ4n) is 3.85. The normalized spacial score (nSPS) is 13.9. The first-order valence-electron chi connectivity index (χ1n) is 11.2. The number of nitro benzene ring substituents is 1. The predicted octanol–water partition coefficient (Wildman–Crippen LogP) is 7.17. The van der Waals surface area contributed by atoms with Crippen LogP contribution in [0.1, 0.15) is 11.3 Å². The molecule has 0 N–H and O–H groups in total. The van der Waals surface area contributed by atoms with Gasteiger partial charge in [0, 0.05) is 38.8 Å². The molecule has 0 amide bonds. The summed E-state index contributed by atoms with van der Waals surface area (Å²) in [5, 5.41) is 25.9. The number of thioether (sulfide) groups is 1. The van der Waals surface area contributed by atoms with Gasteiger partial charge < -0.3 is 4.42 Å². The first kappa shape index (κ1) is 23.0. The molecular formula is C27H16ClN5O3S. The molecule has 0 aliphatic carbocycles. The van der Waals surface area contributed by atoms with Crippen LogP contribution in [-0.2, 0) is 0 Å². The van der Waals surface area contributed by atoms with Crippen molar-refractivity contribution in [3.63, 3.8) is 0 Å². The lowest BCUT2D eigenvalue weighted by Gasteiger charge is -2.17. The maximum atomic E-state index is 11.0. The average Bonchev–Trinajstić information content (AvgIpc) is 3.56. The third-order valence-electron chi connectivity index (χ3n) is 5.66. The van der Waals surface area contributed by atoms with E-state index in [9.17, 15) is 10.1 Å². The number of halogens is 1. The van der Waals surface area contributed by atoms with E-state index in [1.807, 2.05) is 72.8 Å². The highest BCUT2D eigenvalue weighted by Gasteiger charge is 2.25. The van der Waals surface area contributed by atoms with Gasteiger partial charge >= 0.3 is 0 Å². The third kappa shape index (κ3) is 4.57. The van der Waals surface area contributed by atoms with Crippen molar-refractivity contribution < 1.29 is 9.34 Å². The van der Waals surface area contributed by atoms with Gasteiger partial charge in [-0.3, -0.25) is 10.1 Å². The number of rotatable bonds is 5. The molecule has 1 aliphatic heterocycles. The van der Waals surface area contributed by atoms with Crippen LogP contribution in [0.25, 0.3) is 28.8 Å². The molecule has 180 valence electrons. The van der Waals surface area contributed by atoms with E-state index in [4.69, 9.17) is 21.1 Å². The fourth-order valence-corrected chi connectivity index (χ4v) is 4.90. The highest BCUT2D eigenvalue weighted by Crippen LogP contribution is 2.37. The van der Waals surface area contributed by atoms with E-state index in [-0.39, 0.29) is 5.69 Å². The van der Waals surface area contributed by atoms with Gasteiger partial charge in [-0.1, -0.05) is 54.1 Å². The van der Waals surface area contributed by atoms with Crippen molar-refractivity contribution in [1.29, 1.82) is 0 Å². The zero-order valence-corrected chi connectivity index (χ0v) is 20.6. The number of nitro groups is 1. The molecule has 3 aromatic carbocycles. The van der Waals surface area contributed by atoms with Gasteiger partial charge in [0.2, 0.25) is 5.16 Å². The maximum absolute atomic E-state index is 11.0. The van der Waals surface area contributed by atoms with Crippen LogP contribution in [0, 0.1) is 10.1 Å². The largest absolute Gasteiger partial charge is 0.457 e. The van der Waals surface area contributed by atoms with Gasteiger partial charge in [-0.25, -0.2) is 0 Å². The molecule has 0 atom stereocenters. The predicted molar refractivity (Wildman–Crippen MR) is 143 cm³/mol. The van der Waals surface area contributed by atoms with E-state index in [1.165, 1.54) is 23.9 Å². The van der Waals surface area contributed by atoms with Gasteiger partial charge in [0.25, 0.3) is 5.69 Å². The lowest BCUT2D eigenvalue weighted by Crippen LogP contribution is -2.12. The Labute approximate surface area is 220 Å². The van der Waals surface area contributed by atoms with E-state index < -0.39 is 4.92 Å². The standard InChI is InChI=1S/C27H16ClN5O3S/c28-20-10-6-18(7-11-20)25-24(37-27-30-29-26(32(27)31-25)19-4-2-1-3-5-19)16-22-14-15-23(36-22)17-8-12-21(13-9-17)33(34)35/h1-16H/b24-16-. The number of hydrogen-bond donors (Lipinski definition) is 0. The molecule has 0 spiro atoms. The summed E-state index contributed by atoms with van der Waals surface area (Å²) >= 11 is 7.57. The van der Waals surface area contributed by atoms with Crippen molar-refractivity contribution in [2.24, 2.45) is 5.10 Å². The molecule has 6 rings (SSSR count). The van der Waals surface area contributed by atoms with E-state index in [1.54, 1.807) is 16.8 Å². The molecule has 0 bridgehead atoms. The van der Waals surface area contributed by atoms with Gasteiger partial charge in [0.05, 0.1) is 4.92 Å². The van der Waals surface area contributed by atoms with E-state index in [0.29, 0.717) is 27.5 Å². The number of hydrogen-bond acceptors (Lipinski definition) is 7. The molecular weight excluding hydrogens is 510 g/mol. The van der Waals surface area contributed by atoms with Crippen molar-refractivity contribution in [2.75, 3.05) is 0 Å². The molecule has 1 aliphatic rings. The maximum Gasteiger partial charge on any atom is 0.269 e. The number of aromatic nitrogens is 3. The average molecular weight is 526 g/mol. The van der Waals surface area contributed by atoms with Crippen molar-refractivity contribution in [1.82, 2.24) is 14.9 Å². The van der Waals surface area contributed by atoms with Crippen LogP contribution in [0.15, 0.2) is 111 Å². The monoisotopic (exact) mass is 525 g/mol. The second-order valence-corrected chi connectivity index (χ2v) is 9.50. The highest BCUT2D eigenvalue weighted by molar-refractivity contribution is 8.04. The van der Waals surface area contributed by atoms with Crippen molar-refractivity contribution in [2.45, 2.75) is 5.16 Å². The zero-order chi connectivity index (χ0) is 25.4. The summed E-state index contributed by atoms with van der Waals surface area (Å²) in [6.07, 6.45) is 1.90. The van der Waals surface area contributed by atoms with Gasteiger partial charge in [0.1, 0.15) is 17.2 Å². The van der Waals surface area contributed by atoms with Crippen LogP contribution in [0.3, 0.4) is 0 Å². The first-order chi connectivity index (χ1) is 18.0. The second kappa shape index (κ2) is 9.53. The van der Waals surface area contributed by atoms with Gasteiger partial charge in [0.15, 0.2) is 5.82 Å². The van der Waals surface area contributed by atoms with Crippen LogP contribution in [-0.4, -0.2) is 25.5 Å². The Hall–Kier alpha value is -4.47. The number of non-ortho nitro benzene ring substituents is 1. The molecule has 5 aromatic rings. The molecule has 2 aromatic heterocycles. The van der Waals surface area contributed by atoms with Crippen LogP contribution < -0.4 is 0 Å². The molecule has 8 nitrogen and oxygen atoms in total. The SMILES string of the molecule is O=[N+]([O-])c1ccc(-c2ccc(/C=C3\Sc4nnc(-c5ccccc5)n4N=C3c3ccc(Cl)cc3)o2)cc1. The molecule has 0 radical (unpaired) electrons. The molecule has 3 heterocycles. The van der Waals surface area contributed by atoms with E-state index in [2.05, 4.69) is 10.2 Å². The van der Waals surface area contributed by atoms with Gasteiger partial charge in [-0.05, 0) is 54.2 Å². The summed E-state index contributed by atoms with van der Waals surface area (Å²) in [5.41, 5.74) is 3.28.